The summed E-state index contributed by atoms with van der Waals surface area (Å²) in [6.45, 7) is 6.39. The first kappa shape index (κ1) is 24.7. The molecule has 0 radical (unpaired) electrons. The number of benzene rings is 2. The summed E-state index contributed by atoms with van der Waals surface area (Å²) in [6.07, 6.45) is 9.25. The largest absolute Gasteiger partial charge is 0.508 e. The van der Waals surface area contributed by atoms with Gasteiger partial charge in [-0.05, 0) is 75.4 Å². The molecular weight excluding hydrogens is 420 g/mol. The number of halogens is 1. The van der Waals surface area contributed by atoms with Crippen LogP contribution in [0.25, 0.3) is 0 Å². The topological polar surface area (TPSA) is 44.7 Å². The van der Waals surface area contributed by atoms with Crippen molar-refractivity contribution in [1.29, 1.82) is 0 Å². The molecule has 0 heterocycles. The van der Waals surface area contributed by atoms with Gasteiger partial charge in [0.25, 0.3) is 0 Å². The Kier molecular flexibility index (Phi) is 9.12. The van der Waals surface area contributed by atoms with Crippen LogP contribution in [0.3, 0.4) is 0 Å². The summed E-state index contributed by atoms with van der Waals surface area (Å²) in [5, 5.41) is 14.8. The Morgan fingerprint density at radius 1 is 1.09 bits per heavy atom. The molecule has 0 saturated heterocycles. The van der Waals surface area contributed by atoms with Crippen LogP contribution < -0.4 is 15.0 Å². The molecule has 0 atom stereocenters. The summed E-state index contributed by atoms with van der Waals surface area (Å²) in [7, 11) is 1.71. The van der Waals surface area contributed by atoms with Crippen LogP contribution in [0.4, 0.5) is 5.69 Å². The second-order valence-corrected chi connectivity index (χ2v) is 9.39. The van der Waals surface area contributed by atoms with E-state index in [1.54, 1.807) is 13.2 Å². The van der Waals surface area contributed by atoms with Gasteiger partial charge in [-0.2, -0.15) is 0 Å². The number of hydrogen-bond acceptors (Lipinski definition) is 4. The van der Waals surface area contributed by atoms with Crippen LogP contribution in [0.15, 0.2) is 42.5 Å². The van der Waals surface area contributed by atoms with Gasteiger partial charge in [0.15, 0.2) is 0 Å². The minimum Gasteiger partial charge on any atom is -0.508 e. The normalized spacial score (nSPS) is 20.8. The number of nitrogens with one attached hydrogen (secondary N) is 1. The summed E-state index contributed by atoms with van der Waals surface area (Å²) in [4.78, 5) is 2.46. The van der Waals surface area contributed by atoms with Gasteiger partial charge in [0.2, 0.25) is 0 Å². The van der Waals surface area contributed by atoms with Crippen LogP contribution in [0.2, 0.25) is 5.02 Å². The summed E-state index contributed by atoms with van der Waals surface area (Å²) in [5.41, 5.74) is 2.24. The molecule has 2 aromatic rings. The number of phenols is 1. The van der Waals surface area contributed by atoms with E-state index in [0.29, 0.717) is 16.8 Å². The van der Waals surface area contributed by atoms with E-state index >= 15 is 0 Å². The Bertz CT molecular complexity index is 849. The Labute approximate surface area is 198 Å². The highest BCUT2D eigenvalue weighted by molar-refractivity contribution is 6.30. The van der Waals surface area contributed by atoms with Gasteiger partial charge in [0.1, 0.15) is 11.5 Å². The molecule has 0 aliphatic heterocycles. The SMILES string of the molecule is CCCCCCNC1(c2cccc(O)c2)CCC(N(CC)c2ccc(Cl)cc2OC)CC1. The van der Waals surface area contributed by atoms with Crippen LogP contribution in [-0.2, 0) is 5.54 Å². The summed E-state index contributed by atoms with van der Waals surface area (Å²) in [6, 6.07) is 14.2. The van der Waals surface area contributed by atoms with Crippen LogP contribution >= 0.6 is 11.6 Å². The standard InChI is InChI=1S/C27H39ClN2O2/c1-4-6-7-8-18-29-27(21-10-9-11-24(31)19-21)16-14-23(15-17-27)30(5-2)25-13-12-22(28)20-26(25)32-3/h9-13,19-20,23,29,31H,4-8,14-18H2,1-3H3. The van der Waals surface area contributed by atoms with E-state index < -0.39 is 0 Å². The van der Waals surface area contributed by atoms with Crippen molar-refractivity contribution in [2.75, 3.05) is 25.1 Å². The van der Waals surface area contributed by atoms with Gasteiger partial charge >= 0.3 is 0 Å². The summed E-state index contributed by atoms with van der Waals surface area (Å²) < 4.78 is 5.64. The van der Waals surface area contributed by atoms with E-state index in [1.165, 1.54) is 31.2 Å². The quantitative estimate of drug-likeness (QED) is 0.360. The molecule has 2 N–H and O–H groups in total. The fraction of sp³-hybridized carbons (Fsp3) is 0.556. The Balaban J connectivity index is 1.76. The molecule has 1 fully saturated rings. The maximum absolute atomic E-state index is 10.1. The Morgan fingerprint density at radius 2 is 1.88 bits per heavy atom. The first-order valence-electron chi connectivity index (χ1n) is 12.2. The molecule has 0 spiro atoms. The van der Waals surface area contributed by atoms with Crippen molar-refractivity contribution in [2.24, 2.45) is 0 Å². The minimum absolute atomic E-state index is 0.0784. The highest BCUT2D eigenvalue weighted by Crippen LogP contribution is 2.42. The third-order valence-electron chi connectivity index (χ3n) is 6.93. The highest BCUT2D eigenvalue weighted by atomic mass is 35.5. The second-order valence-electron chi connectivity index (χ2n) is 8.95. The van der Waals surface area contributed by atoms with Crippen LogP contribution in [-0.4, -0.2) is 31.3 Å². The predicted molar refractivity (Wildman–Crippen MR) is 135 cm³/mol. The third kappa shape index (κ3) is 5.90. The highest BCUT2D eigenvalue weighted by Gasteiger charge is 2.38. The van der Waals surface area contributed by atoms with Crippen molar-refractivity contribution >= 4 is 17.3 Å². The van der Waals surface area contributed by atoms with Gasteiger partial charge in [-0.15, -0.1) is 0 Å². The molecule has 0 bridgehead atoms. The smallest absolute Gasteiger partial charge is 0.143 e. The minimum atomic E-state index is -0.0784. The maximum atomic E-state index is 10.1. The predicted octanol–water partition coefficient (Wildman–Crippen LogP) is 6.89. The number of nitrogens with zero attached hydrogens (tertiary/aromatic N) is 1. The van der Waals surface area contributed by atoms with Crippen LogP contribution in [0.5, 0.6) is 11.5 Å². The van der Waals surface area contributed by atoms with Crippen molar-refractivity contribution in [3.05, 3.63) is 53.1 Å². The zero-order valence-electron chi connectivity index (χ0n) is 19.9. The lowest BCUT2D eigenvalue weighted by atomic mass is 9.74. The zero-order chi connectivity index (χ0) is 23.0. The molecule has 5 heteroatoms. The lowest BCUT2D eigenvalue weighted by Gasteiger charge is -2.45. The van der Waals surface area contributed by atoms with Gasteiger partial charge in [-0.3, -0.25) is 0 Å². The molecule has 176 valence electrons. The molecule has 1 aliphatic rings. The van der Waals surface area contributed by atoms with E-state index in [-0.39, 0.29) is 5.54 Å². The lowest BCUT2D eigenvalue weighted by molar-refractivity contribution is 0.211. The van der Waals surface area contributed by atoms with E-state index in [9.17, 15) is 5.11 Å². The van der Waals surface area contributed by atoms with E-state index in [0.717, 1.165) is 50.2 Å². The number of rotatable bonds is 11. The first-order chi connectivity index (χ1) is 15.5. The number of unbranched alkanes of at least 4 members (excludes halogenated alkanes) is 3. The first-order valence-corrected chi connectivity index (χ1v) is 12.6. The molecule has 0 unspecified atom stereocenters. The summed E-state index contributed by atoms with van der Waals surface area (Å²) in [5.74, 6) is 1.18. The lowest BCUT2D eigenvalue weighted by Crippen LogP contribution is -2.49. The fourth-order valence-corrected chi connectivity index (χ4v) is 5.33. The number of aromatic hydroxyl groups is 1. The zero-order valence-corrected chi connectivity index (χ0v) is 20.6. The van der Waals surface area contributed by atoms with Crippen molar-refractivity contribution in [3.8, 4) is 11.5 Å². The Hall–Kier alpha value is -1.91. The van der Waals surface area contributed by atoms with Gasteiger partial charge in [0, 0.05) is 29.2 Å². The molecule has 1 aliphatic carbocycles. The molecule has 4 nitrogen and oxygen atoms in total. The number of ether oxygens (including phenoxy) is 1. The monoisotopic (exact) mass is 458 g/mol. The third-order valence-corrected chi connectivity index (χ3v) is 7.17. The average molecular weight is 459 g/mol. The number of phenolic OH excluding ortho intramolecular Hbond substituents is 1. The molecule has 1 saturated carbocycles. The summed E-state index contributed by atoms with van der Waals surface area (Å²) >= 11 is 6.20. The van der Waals surface area contributed by atoms with Crippen molar-refractivity contribution in [2.45, 2.75) is 76.8 Å². The van der Waals surface area contributed by atoms with E-state index in [4.69, 9.17) is 16.3 Å². The number of hydrogen-bond donors (Lipinski definition) is 2. The van der Waals surface area contributed by atoms with E-state index in [1.807, 2.05) is 24.3 Å². The second kappa shape index (κ2) is 11.8. The van der Waals surface area contributed by atoms with Gasteiger partial charge in [0.05, 0.1) is 12.8 Å². The molecule has 3 rings (SSSR count). The number of methoxy groups -OCH3 is 1. The van der Waals surface area contributed by atoms with Crippen LogP contribution in [0, 0.1) is 0 Å². The van der Waals surface area contributed by atoms with Crippen molar-refractivity contribution in [3.63, 3.8) is 0 Å². The van der Waals surface area contributed by atoms with Gasteiger partial charge in [-0.25, -0.2) is 0 Å². The molecule has 0 amide bonds. The molecule has 0 aromatic heterocycles. The fourth-order valence-electron chi connectivity index (χ4n) is 5.17. The maximum Gasteiger partial charge on any atom is 0.143 e. The number of anilines is 1. The van der Waals surface area contributed by atoms with Crippen molar-refractivity contribution in [1.82, 2.24) is 5.32 Å². The van der Waals surface area contributed by atoms with Gasteiger partial charge in [-0.1, -0.05) is 49.9 Å². The molecule has 2 aromatic carbocycles. The Morgan fingerprint density at radius 3 is 2.53 bits per heavy atom. The molecular formula is C27H39ClN2O2. The van der Waals surface area contributed by atoms with Crippen molar-refractivity contribution < 1.29 is 9.84 Å². The van der Waals surface area contributed by atoms with Crippen LogP contribution in [0.1, 0.15) is 70.8 Å². The molecule has 32 heavy (non-hydrogen) atoms. The average Bonchev–Trinajstić information content (AvgIpc) is 2.81. The van der Waals surface area contributed by atoms with E-state index in [2.05, 4.69) is 36.2 Å². The van der Waals surface area contributed by atoms with Gasteiger partial charge < -0.3 is 20.1 Å².